The number of morpholine rings is 1. The average molecular weight is 289 g/mol. The standard InChI is InChI=1S/C17H23NO3/c1-2-11-21-17-7-4-15(5-8-17)3-6-16(19)14-18-9-12-20-13-10-18/h2-8,16,19H,1,9-14H2. The lowest BCUT2D eigenvalue weighted by Gasteiger charge is -2.27. The fraction of sp³-hybridized carbons (Fsp3) is 0.412. The van der Waals surface area contributed by atoms with Crippen molar-refractivity contribution < 1.29 is 14.6 Å². The van der Waals surface area contributed by atoms with Gasteiger partial charge in [0.15, 0.2) is 0 Å². The summed E-state index contributed by atoms with van der Waals surface area (Å²) in [4.78, 5) is 2.21. The molecule has 0 radical (unpaired) electrons. The molecule has 1 atom stereocenters. The molecule has 1 aromatic carbocycles. The number of hydrogen-bond donors (Lipinski definition) is 1. The van der Waals surface area contributed by atoms with E-state index in [0.29, 0.717) is 13.2 Å². The molecule has 1 heterocycles. The number of benzene rings is 1. The van der Waals surface area contributed by atoms with E-state index < -0.39 is 6.10 Å². The Morgan fingerprint density at radius 1 is 1.29 bits per heavy atom. The van der Waals surface area contributed by atoms with Crippen LogP contribution in [0, 0.1) is 0 Å². The SMILES string of the molecule is C=CCOc1ccc(C=CC(O)CN2CCOCC2)cc1. The Kier molecular flexibility index (Phi) is 6.47. The summed E-state index contributed by atoms with van der Waals surface area (Å²) < 4.78 is 10.7. The third-order valence-corrected chi connectivity index (χ3v) is 3.31. The molecule has 0 aromatic heterocycles. The van der Waals surface area contributed by atoms with Crippen molar-refractivity contribution in [2.45, 2.75) is 6.10 Å². The molecule has 21 heavy (non-hydrogen) atoms. The normalized spacial score (nSPS) is 17.8. The van der Waals surface area contributed by atoms with Gasteiger partial charge in [0.2, 0.25) is 0 Å². The molecular weight excluding hydrogens is 266 g/mol. The van der Waals surface area contributed by atoms with Crippen LogP contribution in [-0.2, 0) is 4.74 Å². The highest BCUT2D eigenvalue weighted by atomic mass is 16.5. The van der Waals surface area contributed by atoms with Crippen molar-refractivity contribution in [3.05, 3.63) is 48.6 Å². The van der Waals surface area contributed by atoms with E-state index >= 15 is 0 Å². The van der Waals surface area contributed by atoms with Crippen molar-refractivity contribution in [3.8, 4) is 5.75 Å². The summed E-state index contributed by atoms with van der Waals surface area (Å²) in [5, 5.41) is 10.0. The van der Waals surface area contributed by atoms with Gasteiger partial charge in [-0.1, -0.05) is 36.9 Å². The van der Waals surface area contributed by atoms with E-state index in [9.17, 15) is 5.11 Å². The van der Waals surface area contributed by atoms with Crippen molar-refractivity contribution in [2.24, 2.45) is 0 Å². The molecule has 114 valence electrons. The first-order chi connectivity index (χ1) is 10.3. The van der Waals surface area contributed by atoms with Gasteiger partial charge in [0, 0.05) is 19.6 Å². The topological polar surface area (TPSA) is 41.9 Å². The molecule has 0 bridgehead atoms. The number of aliphatic hydroxyl groups excluding tert-OH is 1. The third kappa shape index (κ3) is 5.71. The summed E-state index contributed by atoms with van der Waals surface area (Å²) in [5.41, 5.74) is 1.04. The van der Waals surface area contributed by atoms with Gasteiger partial charge in [-0.15, -0.1) is 0 Å². The molecule has 1 N–H and O–H groups in total. The summed E-state index contributed by atoms with van der Waals surface area (Å²) in [5.74, 6) is 0.820. The maximum atomic E-state index is 10.0. The van der Waals surface area contributed by atoms with E-state index in [2.05, 4.69) is 11.5 Å². The van der Waals surface area contributed by atoms with Crippen molar-refractivity contribution >= 4 is 6.08 Å². The van der Waals surface area contributed by atoms with E-state index in [1.807, 2.05) is 36.4 Å². The average Bonchev–Trinajstić information content (AvgIpc) is 2.53. The zero-order chi connectivity index (χ0) is 14.9. The molecular formula is C17H23NO3. The van der Waals surface area contributed by atoms with Gasteiger partial charge in [0.1, 0.15) is 12.4 Å². The Morgan fingerprint density at radius 3 is 2.67 bits per heavy atom. The summed E-state index contributed by atoms with van der Waals surface area (Å²) in [6.07, 6.45) is 5.02. The first-order valence-electron chi connectivity index (χ1n) is 7.28. The minimum Gasteiger partial charge on any atom is -0.490 e. The zero-order valence-electron chi connectivity index (χ0n) is 12.3. The van der Waals surface area contributed by atoms with E-state index in [-0.39, 0.29) is 0 Å². The molecule has 1 unspecified atom stereocenters. The number of ether oxygens (including phenoxy) is 2. The maximum Gasteiger partial charge on any atom is 0.119 e. The molecule has 0 amide bonds. The van der Waals surface area contributed by atoms with Crippen molar-refractivity contribution in [2.75, 3.05) is 39.5 Å². The minimum absolute atomic E-state index is 0.459. The second kappa shape index (κ2) is 8.62. The highest BCUT2D eigenvalue weighted by Crippen LogP contribution is 2.13. The van der Waals surface area contributed by atoms with E-state index in [1.54, 1.807) is 6.08 Å². The second-order valence-electron chi connectivity index (χ2n) is 5.01. The van der Waals surface area contributed by atoms with Crippen LogP contribution >= 0.6 is 0 Å². The Bertz CT molecular complexity index is 450. The van der Waals surface area contributed by atoms with Gasteiger partial charge in [0.05, 0.1) is 19.3 Å². The molecule has 1 aliphatic heterocycles. The Labute approximate surface area is 126 Å². The summed E-state index contributed by atoms with van der Waals surface area (Å²) >= 11 is 0. The van der Waals surface area contributed by atoms with Crippen molar-refractivity contribution in [1.82, 2.24) is 4.90 Å². The quantitative estimate of drug-likeness (QED) is 0.779. The van der Waals surface area contributed by atoms with Gasteiger partial charge < -0.3 is 14.6 Å². The van der Waals surface area contributed by atoms with Crippen LogP contribution in [0.4, 0.5) is 0 Å². The van der Waals surface area contributed by atoms with Crippen LogP contribution in [0.3, 0.4) is 0 Å². The van der Waals surface area contributed by atoms with Gasteiger partial charge >= 0.3 is 0 Å². The van der Waals surface area contributed by atoms with Crippen LogP contribution in [0.1, 0.15) is 5.56 Å². The first-order valence-corrected chi connectivity index (χ1v) is 7.28. The molecule has 1 aliphatic rings. The Morgan fingerprint density at radius 2 is 2.00 bits per heavy atom. The lowest BCUT2D eigenvalue weighted by molar-refractivity contribution is 0.0223. The number of nitrogens with zero attached hydrogens (tertiary/aromatic N) is 1. The molecule has 0 saturated carbocycles. The van der Waals surface area contributed by atoms with Crippen LogP contribution in [0.2, 0.25) is 0 Å². The van der Waals surface area contributed by atoms with Crippen LogP contribution in [0.25, 0.3) is 6.08 Å². The Hall–Kier alpha value is -1.62. The maximum absolute atomic E-state index is 10.0. The number of β-amino-alcohol motifs (C(OH)–C–C–N with tert-alkyl or cyclic N) is 1. The predicted octanol–water partition coefficient (Wildman–Crippen LogP) is 1.96. The molecule has 1 saturated heterocycles. The summed E-state index contributed by atoms with van der Waals surface area (Å²) in [7, 11) is 0. The summed E-state index contributed by atoms with van der Waals surface area (Å²) in [6.45, 7) is 8.06. The molecule has 2 rings (SSSR count). The molecule has 4 heteroatoms. The van der Waals surface area contributed by atoms with Crippen molar-refractivity contribution in [1.29, 1.82) is 0 Å². The first kappa shape index (κ1) is 15.8. The lowest BCUT2D eigenvalue weighted by atomic mass is 10.1. The highest BCUT2D eigenvalue weighted by molar-refractivity contribution is 5.51. The molecule has 4 nitrogen and oxygen atoms in total. The fourth-order valence-corrected chi connectivity index (χ4v) is 2.16. The largest absolute Gasteiger partial charge is 0.490 e. The predicted molar refractivity (Wildman–Crippen MR) is 84.4 cm³/mol. The van der Waals surface area contributed by atoms with Gasteiger partial charge in [0.25, 0.3) is 0 Å². The molecule has 1 aromatic rings. The van der Waals surface area contributed by atoms with Crippen LogP contribution < -0.4 is 4.74 Å². The monoisotopic (exact) mass is 289 g/mol. The van der Waals surface area contributed by atoms with E-state index in [0.717, 1.165) is 37.6 Å². The van der Waals surface area contributed by atoms with Crippen LogP contribution in [0.15, 0.2) is 43.0 Å². The van der Waals surface area contributed by atoms with Gasteiger partial charge in [-0.25, -0.2) is 0 Å². The van der Waals surface area contributed by atoms with Gasteiger partial charge in [-0.2, -0.15) is 0 Å². The number of hydrogen-bond acceptors (Lipinski definition) is 4. The smallest absolute Gasteiger partial charge is 0.119 e. The summed E-state index contributed by atoms with van der Waals surface area (Å²) in [6, 6.07) is 7.77. The zero-order valence-corrected chi connectivity index (χ0v) is 12.3. The van der Waals surface area contributed by atoms with Crippen LogP contribution in [-0.4, -0.2) is 55.6 Å². The van der Waals surface area contributed by atoms with E-state index in [4.69, 9.17) is 9.47 Å². The highest BCUT2D eigenvalue weighted by Gasteiger charge is 2.12. The molecule has 1 fully saturated rings. The third-order valence-electron chi connectivity index (χ3n) is 3.31. The Balaban J connectivity index is 1.80. The number of aliphatic hydroxyl groups is 1. The number of rotatable bonds is 7. The molecule has 0 spiro atoms. The van der Waals surface area contributed by atoms with Gasteiger partial charge in [-0.05, 0) is 17.7 Å². The fourth-order valence-electron chi connectivity index (χ4n) is 2.16. The van der Waals surface area contributed by atoms with E-state index in [1.165, 1.54) is 0 Å². The molecule has 0 aliphatic carbocycles. The van der Waals surface area contributed by atoms with Crippen LogP contribution in [0.5, 0.6) is 5.75 Å². The van der Waals surface area contributed by atoms with Crippen molar-refractivity contribution in [3.63, 3.8) is 0 Å². The lowest BCUT2D eigenvalue weighted by Crippen LogP contribution is -2.40. The minimum atomic E-state index is -0.459. The second-order valence-corrected chi connectivity index (χ2v) is 5.01. The van der Waals surface area contributed by atoms with Gasteiger partial charge in [-0.3, -0.25) is 4.90 Å².